The van der Waals surface area contributed by atoms with Gasteiger partial charge in [-0.1, -0.05) is 30.3 Å². The van der Waals surface area contributed by atoms with Gasteiger partial charge in [0.25, 0.3) is 0 Å². The SMILES string of the molecule is C#CC#CC#CC#CC#CC#CC#C.CCN(CC)C(=O)CN(C)Cc1ccn2c(-c3ccnc(N[C@@H](C)c4ccccc4)n3)c(-c3ccc(F)cc3)nc2c1. The molecule has 1 amide bonds. The number of aromatic nitrogens is 4. The molecule has 0 saturated heterocycles. The molecule has 1 atom stereocenters. The summed E-state index contributed by atoms with van der Waals surface area (Å²) in [6.07, 6.45) is 13.4. The van der Waals surface area contributed by atoms with Gasteiger partial charge in [-0.05, 0) is 152 Å². The molecule has 8 nitrogen and oxygen atoms in total. The summed E-state index contributed by atoms with van der Waals surface area (Å²) in [6.45, 7) is 8.38. The first-order valence-electron chi connectivity index (χ1n) is 17.6. The van der Waals surface area contributed by atoms with Crippen molar-refractivity contribution in [3.8, 4) is 107 Å². The molecule has 0 bridgehead atoms. The van der Waals surface area contributed by atoms with Gasteiger partial charge >= 0.3 is 0 Å². The van der Waals surface area contributed by atoms with Crippen LogP contribution in [0, 0.1) is 89.7 Å². The second-order valence-electron chi connectivity index (χ2n) is 11.9. The van der Waals surface area contributed by atoms with Gasteiger partial charge in [0.1, 0.15) is 11.5 Å². The molecule has 3 aromatic heterocycles. The van der Waals surface area contributed by atoms with Gasteiger partial charge in [-0.2, -0.15) is 0 Å². The van der Waals surface area contributed by atoms with Gasteiger partial charge in [0.05, 0.1) is 29.7 Å². The van der Waals surface area contributed by atoms with Gasteiger partial charge in [0.15, 0.2) is 0 Å². The van der Waals surface area contributed by atoms with Crippen LogP contribution in [0.25, 0.3) is 28.3 Å². The first kappa shape index (κ1) is 41.1. The van der Waals surface area contributed by atoms with Crippen molar-refractivity contribution in [3.05, 3.63) is 102 Å². The summed E-state index contributed by atoms with van der Waals surface area (Å²) in [5, 5.41) is 3.40. The zero-order valence-electron chi connectivity index (χ0n) is 31.6. The number of nitrogens with one attached hydrogen (secondary N) is 1. The van der Waals surface area contributed by atoms with Gasteiger partial charge in [-0.3, -0.25) is 14.1 Å². The number of benzene rings is 2. The summed E-state index contributed by atoms with van der Waals surface area (Å²) in [6, 6.07) is 22.4. The van der Waals surface area contributed by atoms with Crippen LogP contribution in [0.4, 0.5) is 10.3 Å². The zero-order chi connectivity index (χ0) is 40.1. The van der Waals surface area contributed by atoms with E-state index in [1.165, 1.54) is 12.1 Å². The fraction of sp³-hybridized carbons (Fsp3) is 0.191. The Bertz CT molecular complexity index is 2500. The average molecular weight is 736 g/mol. The molecule has 274 valence electrons. The molecule has 3 heterocycles. The van der Waals surface area contributed by atoms with E-state index >= 15 is 0 Å². The van der Waals surface area contributed by atoms with Gasteiger partial charge in [0.2, 0.25) is 11.9 Å². The predicted molar refractivity (Wildman–Crippen MR) is 221 cm³/mol. The fourth-order valence-corrected chi connectivity index (χ4v) is 5.41. The molecule has 9 heteroatoms. The molecule has 56 heavy (non-hydrogen) atoms. The Morgan fingerprint density at radius 2 is 1.45 bits per heavy atom. The molecule has 1 N–H and O–H groups in total. The maximum Gasteiger partial charge on any atom is 0.236 e. The van der Waals surface area contributed by atoms with E-state index in [-0.39, 0.29) is 17.8 Å². The lowest BCUT2D eigenvalue weighted by atomic mass is 10.1. The van der Waals surface area contributed by atoms with Crippen molar-refractivity contribution in [2.45, 2.75) is 33.4 Å². The fourth-order valence-electron chi connectivity index (χ4n) is 5.41. The Hall–Kier alpha value is -7.71. The number of carbonyl (C=O) groups excluding carboxylic acids is 1. The van der Waals surface area contributed by atoms with E-state index in [9.17, 15) is 9.18 Å². The summed E-state index contributed by atoms with van der Waals surface area (Å²) in [5.74, 6) is 28.6. The van der Waals surface area contributed by atoms with Crippen LogP contribution in [-0.4, -0.2) is 61.7 Å². The van der Waals surface area contributed by atoms with E-state index in [1.807, 2.05) is 77.7 Å². The Balaban J connectivity index is 0.000000424. The third-order valence-corrected chi connectivity index (χ3v) is 8.03. The van der Waals surface area contributed by atoms with Crippen LogP contribution in [-0.2, 0) is 11.3 Å². The summed E-state index contributed by atoms with van der Waals surface area (Å²) in [5.41, 5.74) is 5.84. The Labute approximate surface area is 329 Å². The number of carbonyl (C=O) groups is 1. The number of halogens is 1. The highest BCUT2D eigenvalue weighted by molar-refractivity contribution is 5.81. The summed E-state index contributed by atoms with van der Waals surface area (Å²) < 4.78 is 15.8. The molecular formula is C47H38FN7O. The second kappa shape index (κ2) is 21.7. The molecular weight excluding hydrogens is 698 g/mol. The van der Waals surface area contributed by atoms with Crippen LogP contribution in [0.3, 0.4) is 0 Å². The minimum absolute atomic E-state index is 0.00775. The number of rotatable bonds is 11. The molecule has 5 aromatic rings. The summed E-state index contributed by atoms with van der Waals surface area (Å²) >= 11 is 0. The van der Waals surface area contributed by atoms with E-state index in [4.69, 9.17) is 22.8 Å². The minimum Gasteiger partial charge on any atom is -0.348 e. The molecule has 0 spiro atoms. The number of nitrogens with zero attached hydrogens (tertiary/aromatic N) is 6. The third kappa shape index (κ3) is 12.2. The van der Waals surface area contributed by atoms with Crippen molar-refractivity contribution in [1.29, 1.82) is 0 Å². The average Bonchev–Trinajstić information content (AvgIpc) is 3.59. The van der Waals surface area contributed by atoms with Gasteiger partial charge < -0.3 is 10.2 Å². The largest absolute Gasteiger partial charge is 0.348 e. The van der Waals surface area contributed by atoms with Crippen molar-refractivity contribution in [1.82, 2.24) is 29.2 Å². The minimum atomic E-state index is -0.308. The Morgan fingerprint density at radius 1 is 0.839 bits per heavy atom. The number of hydrogen-bond acceptors (Lipinski definition) is 6. The van der Waals surface area contributed by atoms with E-state index in [0.29, 0.717) is 43.5 Å². The second-order valence-corrected chi connectivity index (χ2v) is 11.9. The molecule has 0 saturated carbocycles. The smallest absolute Gasteiger partial charge is 0.236 e. The van der Waals surface area contributed by atoms with Gasteiger partial charge in [-0.15, -0.1) is 12.8 Å². The number of hydrogen-bond donors (Lipinski definition) is 1. The van der Waals surface area contributed by atoms with Crippen molar-refractivity contribution < 1.29 is 9.18 Å². The summed E-state index contributed by atoms with van der Waals surface area (Å²) in [4.78, 5) is 30.8. The van der Waals surface area contributed by atoms with E-state index in [2.05, 4.69) is 100 Å². The lowest BCUT2D eigenvalue weighted by molar-refractivity contribution is -0.131. The zero-order valence-corrected chi connectivity index (χ0v) is 31.6. The lowest BCUT2D eigenvalue weighted by Gasteiger charge is -2.23. The molecule has 0 radical (unpaired) electrons. The van der Waals surface area contributed by atoms with Crippen molar-refractivity contribution >= 4 is 17.5 Å². The number of likely N-dealkylation sites (N-methyl/N-ethyl adjacent to an activating group) is 2. The number of pyridine rings is 1. The highest BCUT2D eigenvalue weighted by atomic mass is 19.1. The van der Waals surface area contributed by atoms with Crippen LogP contribution in [0.5, 0.6) is 0 Å². The molecule has 0 fully saturated rings. The predicted octanol–water partition coefficient (Wildman–Crippen LogP) is 6.34. The Kier molecular flexibility index (Phi) is 15.9. The first-order valence-corrected chi connectivity index (χ1v) is 17.6. The van der Waals surface area contributed by atoms with Crippen LogP contribution in [0.2, 0.25) is 0 Å². The van der Waals surface area contributed by atoms with Crippen LogP contribution < -0.4 is 5.32 Å². The van der Waals surface area contributed by atoms with E-state index in [1.54, 1.807) is 18.3 Å². The molecule has 0 aliphatic rings. The lowest BCUT2D eigenvalue weighted by Crippen LogP contribution is -2.38. The highest BCUT2D eigenvalue weighted by Crippen LogP contribution is 2.33. The monoisotopic (exact) mass is 735 g/mol. The third-order valence-electron chi connectivity index (χ3n) is 8.03. The van der Waals surface area contributed by atoms with Crippen LogP contribution in [0.1, 0.15) is 37.9 Å². The molecule has 2 aromatic carbocycles. The number of fused-ring (bicyclic) bond motifs is 1. The van der Waals surface area contributed by atoms with Gasteiger partial charge in [0, 0.05) is 37.6 Å². The van der Waals surface area contributed by atoms with E-state index < -0.39 is 0 Å². The molecule has 0 unspecified atom stereocenters. The molecule has 0 aliphatic carbocycles. The normalized spacial score (nSPS) is 9.93. The van der Waals surface area contributed by atoms with Crippen molar-refractivity contribution in [2.24, 2.45) is 0 Å². The quantitative estimate of drug-likeness (QED) is 0.160. The molecule has 5 rings (SSSR count). The maximum absolute atomic E-state index is 13.8. The van der Waals surface area contributed by atoms with Crippen LogP contribution >= 0.6 is 0 Å². The Morgan fingerprint density at radius 3 is 2.04 bits per heavy atom. The number of anilines is 1. The number of terminal acetylenes is 2. The first-order chi connectivity index (χ1) is 27.3. The van der Waals surface area contributed by atoms with Crippen LogP contribution in [0.15, 0.2) is 85.2 Å². The topological polar surface area (TPSA) is 78.7 Å². The maximum atomic E-state index is 13.8. The molecule has 0 aliphatic heterocycles. The van der Waals surface area contributed by atoms with Crippen molar-refractivity contribution in [3.63, 3.8) is 0 Å². The standard InChI is InChI=1S/C33H36FN7O.C14H2/c1-5-40(6-2)30(42)22-39(4)21-24-17-19-41-29(20-24)38-31(26-12-14-27(34)15-13-26)32(41)28-16-18-35-33(37-28)36-23(3)25-10-8-7-9-11-25;1-3-5-7-9-11-13-14-12-10-8-6-4-2/h7-20,23H,5-6,21-22H2,1-4H3,(H,35,36,37);1-2H/t23-;/m0./s1. The van der Waals surface area contributed by atoms with Gasteiger partial charge in [-0.25, -0.2) is 19.3 Å². The number of amides is 1. The van der Waals surface area contributed by atoms with Crippen molar-refractivity contribution in [2.75, 3.05) is 32.0 Å². The van der Waals surface area contributed by atoms with E-state index in [0.717, 1.165) is 28.0 Å². The highest BCUT2D eigenvalue weighted by Gasteiger charge is 2.20. The number of imidazole rings is 1. The summed E-state index contributed by atoms with van der Waals surface area (Å²) in [7, 11) is 1.94.